The van der Waals surface area contributed by atoms with Crippen LogP contribution < -0.4 is 5.32 Å². The quantitative estimate of drug-likeness (QED) is 0.858. The zero-order valence-electron chi connectivity index (χ0n) is 12.2. The second-order valence-electron chi connectivity index (χ2n) is 6.20. The second kappa shape index (κ2) is 6.76. The molecule has 0 radical (unpaired) electrons. The first kappa shape index (κ1) is 14.1. The molecule has 3 rings (SSSR count). The zero-order chi connectivity index (χ0) is 13.8. The Hall–Kier alpha value is -0.810. The molecule has 2 amide bonds. The molecular formula is C15H26N2O3. The fraction of sp³-hybridized carbons (Fsp3) is 0.933. The summed E-state index contributed by atoms with van der Waals surface area (Å²) in [5.74, 6) is 0.734. The van der Waals surface area contributed by atoms with E-state index in [1.165, 1.54) is 32.1 Å². The zero-order valence-corrected chi connectivity index (χ0v) is 12.2. The average molecular weight is 282 g/mol. The number of hydrogen-bond donors (Lipinski definition) is 1. The van der Waals surface area contributed by atoms with Crippen LogP contribution in [0.3, 0.4) is 0 Å². The Bertz CT molecular complexity index is 325. The smallest absolute Gasteiger partial charge is 0.317 e. The molecule has 1 saturated carbocycles. The molecule has 3 fully saturated rings. The molecule has 2 saturated heterocycles. The molecule has 0 aromatic rings. The van der Waals surface area contributed by atoms with Crippen molar-refractivity contribution in [2.45, 2.75) is 50.7 Å². The van der Waals surface area contributed by atoms with Crippen LogP contribution in [0.25, 0.3) is 0 Å². The molecule has 0 bridgehead atoms. The van der Waals surface area contributed by atoms with E-state index in [2.05, 4.69) is 10.2 Å². The van der Waals surface area contributed by atoms with Gasteiger partial charge in [-0.2, -0.15) is 0 Å². The number of carbonyl (C=O) groups is 1. The lowest BCUT2D eigenvalue weighted by Gasteiger charge is -2.30. The van der Waals surface area contributed by atoms with Gasteiger partial charge in [0.2, 0.25) is 0 Å². The number of amides is 2. The van der Waals surface area contributed by atoms with Gasteiger partial charge in [0.05, 0.1) is 25.9 Å². The molecule has 1 N–H and O–H groups in total. The van der Waals surface area contributed by atoms with Crippen LogP contribution in [0.5, 0.6) is 0 Å². The number of hydrogen-bond acceptors (Lipinski definition) is 3. The van der Waals surface area contributed by atoms with Gasteiger partial charge in [0.15, 0.2) is 0 Å². The van der Waals surface area contributed by atoms with Crippen molar-refractivity contribution in [2.24, 2.45) is 5.92 Å². The lowest BCUT2D eigenvalue weighted by atomic mass is 9.96. The summed E-state index contributed by atoms with van der Waals surface area (Å²) in [5.41, 5.74) is 0. The predicted octanol–water partition coefficient (Wildman–Crippen LogP) is 1.77. The van der Waals surface area contributed by atoms with Gasteiger partial charge in [-0.1, -0.05) is 12.8 Å². The van der Waals surface area contributed by atoms with E-state index in [1.807, 2.05) is 0 Å². The summed E-state index contributed by atoms with van der Waals surface area (Å²) in [6.45, 7) is 3.36. The maximum absolute atomic E-state index is 12.4. The van der Waals surface area contributed by atoms with E-state index in [9.17, 15) is 4.79 Å². The van der Waals surface area contributed by atoms with Crippen molar-refractivity contribution in [3.63, 3.8) is 0 Å². The largest absolute Gasteiger partial charge is 0.376 e. The van der Waals surface area contributed by atoms with Crippen LogP contribution in [0.15, 0.2) is 0 Å². The minimum Gasteiger partial charge on any atom is -0.376 e. The van der Waals surface area contributed by atoms with E-state index in [-0.39, 0.29) is 12.1 Å². The molecule has 1 aliphatic carbocycles. The van der Waals surface area contributed by atoms with Gasteiger partial charge in [0, 0.05) is 19.1 Å². The summed E-state index contributed by atoms with van der Waals surface area (Å²) in [4.78, 5) is 14.4. The number of nitrogens with zero attached hydrogens (tertiary/aromatic N) is 1. The van der Waals surface area contributed by atoms with Crippen LogP contribution in [0.4, 0.5) is 4.79 Å². The van der Waals surface area contributed by atoms with Crippen molar-refractivity contribution in [1.29, 1.82) is 0 Å². The van der Waals surface area contributed by atoms with Crippen molar-refractivity contribution < 1.29 is 14.3 Å². The molecule has 0 spiro atoms. The molecule has 3 aliphatic rings. The van der Waals surface area contributed by atoms with Crippen molar-refractivity contribution in [1.82, 2.24) is 10.2 Å². The summed E-state index contributed by atoms with van der Waals surface area (Å²) < 4.78 is 10.9. The summed E-state index contributed by atoms with van der Waals surface area (Å²) in [6, 6.07) is 0.564. The minimum atomic E-state index is 0.0141. The molecule has 5 heteroatoms. The Morgan fingerprint density at radius 1 is 1.15 bits per heavy atom. The van der Waals surface area contributed by atoms with E-state index in [0.29, 0.717) is 32.4 Å². The Labute approximate surface area is 121 Å². The Kier molecular flexibility index (Phi) is 4.78. The van der Waals surface area contributed by atoms with Gasteiger partial charge in [0.25, 0.3) is 0 Å². The van der Waals surface area contributed by atoms with Crippen molar-refractivity contribution in [3.05, 3.63) is 0 Å². The predicted molar refractivity (Wildman–Crippen MR) is 75.6 cm³/mol. The Morgan fingerprint density at radius 2 is 2.00 bits per heavy atom. The van der Waals surface area contributed by atoms with Gasteiger partial charge in [0.1, 0.15) is 0 Å². The average Bonchev–Trinajstić information content (AvgIpc) is 3.15. The number of carbonyl (C=O) groups excluding carboxylic acids is 1. The van der Waals surface area contributed by atoms with E-state index in [0.717, 1.165) is 18.9 Å². The van der Waals surface area contributed by atoms with Crippen molar-refractivity contribution in [3.8, 4) is 0 Å². The molecule has 2 atom stereocenters. The van der Waals surface area contributed by atoms with Crippen molar-refractivity contribution in [2.75, 3.05) is 32.9 Å². The van der Waals surface area contributed by atoms with Crippen molar-refractivity contribution >= 4 is 6.03 Å². The maximum atomic E-state index is 12.4. The lowest BCUT2D eigenvalue weighted by Crippen LogP contribution is -2.48. The van der Waals surface area contributed by atoms with Crippen LogP contribution in [0, 0.1) is 5.92 Å². The summed E-state index contributed by atoms with van der Waals surface area (Å²) in [6.07, 6.45) is 7.62. The number of rotatable bonds is 3. The fourth-order valence-corrected chi connectivity index (χ4v) is 3.83. The minimum absolute atomic E-state index is 0.0141. The van der Waals surface area contributed by atoms with Gasteiger partial charge in [-0.05, 0) is 31.6 Å². The highest BCUT2D eigenvalue weighted by atomic mass is 16.6. The monoisotopic (exact) mass is 282 g/mol. The third-order valence-electron chi connectivity index (χ3n) is 4.87. The van der Waals surface area contributed by atoms with Crippen LogP contribution in [0.1, 0.15) is 38.5 Å². The fourth-order valence-electron chi connectivity index (χ4n) is 3.83. The number of ether oxygens (including phenoxy) is 2. The number of likely N-dealkylation sites (tertiary alicyclic amines) is 1. The molecule has 20 heavy (non-hydrogen) atoms. The van der Waals surface area contributed by atoms with E-state index < -0.39 is 0 Å². The van der Waals surface area contributed by atoms with Gasteiger partial charge in [-0.3, -0.25) is 0 Å². The van der Waals surface area contributed by atoms with E-state index >= 15 is 0 Å². The lowest BCUT2D eigenvalue weighted by molar-refractivity contribution is -0.0856. The summed E-state index contributed by atoms with van der Waals surface area (Å²) >= 11 is 0. The SMILES string of the molecule is O=C(NCC1COCCO1)N1CCCC1C1CCCC1. The molecular weight excluding hydrogens is 256 g/mol. The molecule has 2 aliphatic heterocycles. The van der Waals surface area contributed by atoms with Crippen LogP contribution in [-0.2, 0) is 9.47 Å². The normalized spacial score (nSPS) is 31.7. The first-order chi connectivity index (χ1) is 9.84. The maximum Gasteiger partial charge on any atom is 0.317 e. The van der Waals surface area contributed by atoms with Gasteiger partial charge >= 0.3 is 6.03 Å². The van der Waals surface area contributed by atoms with Crippen LogP contribution in [-0.4, -0.2) is 56.0 Å². The number of nitrogens with one attached hydrogen (secondary N) is 1. The highest BCUT2D eigenvalue weighted by Gasteiger charge is 2.35. The van der Waals surface area contributed by atoms with E-state index in [1.54, 1.807) is 0 Å². The van der Waals surface area contributed by atoms with Gasteiger partial charge in [-0.25, -0.2) is 4.79 Å². The van der Waals surface area contributed by atoms with Gasteiger partial charge in [-0.15, -0.1) is 0 Å². The first-order valence-electron chi connectivity index (χ1n) is 8.08. The van der Waals surface area contributed by atoms with Gasteiger partial charge < -0.3 is 19.7 Å². The molecule has 5 nitrogen and oxygen atoms in total. The third-order valence-corrected chi connectivity index (χ3v) is 4.87. The Morgan fingerprint density at radius 3 is 2.75 bits per heavy atom. The molecule has 114 valence electrons. The topological polar surface area (TPSA) is 50.8 Å². The molecule has 2 heterocycles. The standard InChI is InChI=1S/C15H26N2O3/c18-15(16-10-13-11-19-8-9-20-13)17-7-3-6-14(17)12-4-1-2-5-12/h12-14H,1-11H2,(H,16,18). The molecule has 0 aromatic heterocycles. The van der Waals surface area contributed by atoms with Crippen LogP contribution in [0.2, 0.25) is 0 Å². The second-order valence-corrected chi connectivity index (χ2v) is 6.20. The number of urea groups is 1. The van der Waals surface area contributed by atoms with E-state index in [4.69, 9.17) is 9.47 Å². The summed E-state index contributed by atoms with van der Waals surface area (Å²) in [7, 11) is 0. The molecule has 0 aromatic carbocycles. The first-order valence-corrected chi connectivity index (χ1v) is 8.08. The third kappa shape index (κ3) is 3.26. The highest BCUT2D eigenvalue weighted by molar-refractivity contribution is 5.74. The Balaban J connectivity index is 1.47. The highest BCUT2D eigenvalue weighted by Crippen LogP contribution is 2.35. The van der Waals surface area contributed by atoms with Crippen LogP contribution >= 0.6 is 0 Å². The summed E-state index contributed by atoms with van der Waals surface area (Å²) in [5, 5.41) is 3.03. The molecule has 2 unspecified atom stereocenters.